The molecule has 20 heavy (non-hydrogen) atoms. The predicted molar refractivity (Wildman–Crippen MR) is 74.0 cm³/mol. The highest BCUT2D eigenvalue weighted by Crippen LogP contribution is 2.29. The molecule has 100 valence electrons. The molecule has 0 saturated carbocycles. The van der Waals surface area contributed by atoms with E-state index in [1.165, 1.54) is 12.1 Å². The van der Waals surface area contributed by atoms with E-state index in [0.717, 1.165) is 0 Å². The zero-order valence-corrected chi connectivity index (χ0v) is 10.5. The first-order valence-electron chi connectivity index (χ1n) is 6.14. The molecule has 0 unspecified atom stereocenters. The van der Waals surface area contributed by atoms with Gasteiger partial charge in [0.15, 0.2) is 17.3 Å². The van der Waals surface area contributed by atoms with Crippen molar-refractivity contribution in [1.82, 2.24) is 0 Å². The van der Waals surface area contributed by atoms with Crippen LogP contribution < -0.4 is 4.74 Å². The lowest BCUT2D eigenvalue weighted by molar-refractivity contribution is 0.100. The fourth-order valence-electron chi connectivity index (χ4n) is 2.11. The van der Waals surface area contributed by atoms with Gasteiger partial charge in [0.2, 0.25) is 0 Å². The first kappa shape index (κ1) is 12.3. The molecule has 2 aromatic rings. The van der Waals surface area contributed by atoms with Gasteiger partial charge in [0, 0.05) is 5.57 Å². The van der Waals surface area contributed by atoms with Crippen LogP contribution in [0.3, 0.4) is 0 Å². The van der Waals surface area contributed by atoms with Crippen molar-refractivity contribution < 1.29 is 19.7 Å². The van der Waals surface area contributed by atoms with Gasteiger partial charge in [-0.15, -0.1) is 0 Å². The molecule has 0 atom stereocenters. The summed E-state index contributed by atoms with van der Waals surface area (Å²) < 4.78 is 5.53. The van der Waals surface area contributed by atoms with Gasteiger partial charge in [-0.2, -0.15) is 0 Å². The van der Waals surface area contributed by atoms with E-state index in [1.807, 2.05) is 6.07 Å². The number of ketones is 1. The fraction of sp³-hybridized carbons (Fsp3) is 0.0625. The molecular weight excluding hydrogens is 256 g/mol. The maximum absolute atomic E-state index is 12.3. The number of para-hydroxylation sites is 1. The number of fused-ring (bicyclic) bond motifs is 1. The van der Waals surface area contributed by atoms with Crippen LogP contribution in [0.5, 0.6) is 17.2 Å². The molecule has 0 radical (unpaired) electrons. The highest BCUT2D eigenvalue weighted by Gasteiger charge is 2.22. The molecule has 0 spiro atoms. The monoisotopic (exact) mass is 268 g/mol. The van der Waals surface area contributed by atoms with Gasteiger partial charge in [-0.3, -0.25) is 4.79 Å². The van der Waals surface area contributed by atoms with Gasteiger partial charge in [-0.25, -0.2) is 0 Å². The molecule has 0 amide bonds. The zero-order valence-electron chi connectivity index (χ0n) is 10.5. The molecule has 0 aliphatic carbocycles. The van der Waals surface area contributed by atoms with Gasteiger partial charge in [0.05, 0.1) is 5.56 Å². The van der Waals surface area contributed by atoms with Crippen molar-refractivity contribution in [3.05, 3.63) is 59.2 Å². The molecule has 0 aromatic heterocycles. The topological polar surface area (TPSA) is 66.8 Å². The van der Waals surface area contributed by atoms with Crippen LogP contribution in [0.4, 0.5) is 0 Å². The minimum absolute atomic E-state index is 0.0839. The second-order valence-corrected chi connectivity index (χ2v) is 4.53. The van der Waals surface area contributed by atoms with Crippen molar-refractivity contribution in [3.8, 4) is 17.2 Å². The summed E-state index contributed by atoms with van der Waals surface area (Å²) in [6.45, 7) is 0.192. The molecule has 3 rings (SSSR count). The van der Waals surface area contributed by atoms with Gasteiger partial charge < -0.3 is 14.9 Å². The Morgan fingerprint density at radius 1 is 1.05 bits per heavy atom. The Bertz CT molecular complexity index is 716. The van der Waals surface area contributed by atoms with Crippen LogP contribution in [0.1, 0.15) is 15.9 Å². The second kappa shape index (κ2) is 4.74. The number of ether oxygens (including phenoxy) is 1. The summed E-state index contributed by atoms with van der Waals surface area (Å²) in [6, 6.07) is 11.5. The Labute approximate surface area is 115 Å². The Morgan fingerprint density at radius 3 is 2.65 bits per heavy atom. The molecule has 4 heteroatoms. The number of hydrogen-bond donors (Lipinski definition) is 2. The van der Waals surface area contributed by atoms with Gasteiger partial charge in [0.1, 0.15) is 12.4 Å². The largest absolute Gasteiger partial charge is 0.504 e. The Morgan fingerprint density at radius 2 is 1.85 bits per heavy atom. The van der Waals surface area contributed by atoms with Gasteiger partial charge >= 0.3 is 0 Å². The first-order chi connectivity index (χ1) is 9.65. The number of phenols is 2. The summed E-state index contributed by atoms with van der Waals surface area (Å²) in [6.07, 6.45) is 1.65. The van der Waals surface area contributed by atoms with Crippen molar-refractivity contribution in [2.24, 2.45) is 0 Å². The van der Waals surface area contributed by atoms with Crippen LogP contribution in [-0.4, -0.2) is 22.6 Å². The molecule has 2 aromatic carbocycles. The number of rotatable bonds is 1. The molecule has 4 nitrogen and oxygen atoms in total. The van der Waals surface area contributed by atoms with Crippen LogP contribution >= 0.6 is 0 Å². The van der Waals surface area contributed by atoms with Gasteiger partial charge in [-0.1, -0.05) is 18.2 Å². The van der Waals surface area contributed by atoms with Gasteiger partial charge in [-0.05, 0) is 35.9 Å². The normalized spacial score (nSPS) is 15.8. The fourth-order valence-corrected chi connectivity index (χ4v) is 2.11. The lowest BCUT2D eigenvalue weighted by atomic mass is 9.98. The molecule has 0 fully saturated rings. The van der Waals surface area contributed by atoms with Crippen LogP contribution in [-0.2, 0) is 0 Å². The minimum Gasteiger partial charge on any atom is -0.504 e. The van der Waals surface area contributed by atoms with Crippen molar-refractivity contribution in [2.75, 3.05) is 6.61 Å². The average molecular weight is 268 g/mol. The molecule has 2 N–H and O–H groups in total. The smallest absolute Gasteiger partial charge is 0.196 e. The second-order valence-electron chi connectivity index (χ2n) is 4.53. The van der Waals surface area contributed by atoms with Crippen LogP contribution in [0.2, 0.25) is 0 Å². The lowest BCUT2D eigenvalue weighted by Crippen LogP contribution is -2.18. The number of carbonyl (C=O) groups is 1. The first-order valence-corrected chi connectivity index (χ1v) is 6.14. The standard InChI is InChI=1S/C16H12O4/c17-13-6-5-10(8-14(13)18)7-11-9-20-15-4-2-1-3-12(15)16(11)19/h1-8,17-18H,9H2/b11-7-. The summed E-state index contributed by atoms with van der Waals surface area (Å²) in [5.74, 6) is 0.0928. The minimum atomic E-state index is -0.219. The van der Waals surface area contributed by atoms with E-state index < -0.39 is 0 Å². The van der Waals surface area contributed by atoms with E-state index in [1.54, 1.807) is 30.3 Å². The maximum atomic E-state index is 12.3. The third-order valence-electron chi connectivity index (χ3n) is 3.15. The summed E-state index contributed by atoms with van der Waals surface area (Å²) in [5.41, 5.74) is 1.67. The van der Waals surface area contributed by atoms with E-state index in [-0.39, 0.29) is 23.9 Å². The highest BCUT2D eigenvalue weighted by atomic mass is 16.5. The van der Waals surface area contributed by atoms with E-state index in [2.05, 4.69) is 0 Å². The van der Waals surface area contributed by atoms with Crippen LogP contribution in [0, 0.1) is 0 Å². The van der Waals surface area contributed by atoms with E-state index in [0.29, 0.717) is 22.4 Å². The number of Topliss-reactive ketones (excluding diaryl/α,β-unsaturated/α-hetero) is 1. The van der Waals surface area contributed by atoms with Gasteiger partial charge in [0.25, 0.3) is 0 Å². The summed E-state index contributed by atoms with van der Waals surface area (Å²) in [4.78, 5) is 12.3. The van der Waals surface area contributed by atoms with Crippen LogP contribution in [0.15, 0.2) is 48.0 Å². The Hall–Kier alpha value is -2.75. The summed E-state index contributed by atoms with van der Waals surface area (Å²) in [5, 5.41) is 18.7. The lowest BCUT2D eigenvalue weighted by Gasteiger charge is -2.18. The number of phenolic OH excluding ortho intramolecular Hbond substituents is 2. The predicted octanol–water partition coefficient (Wildman–Crippen LogP) is 2.76. The van der Waals surface area contributed by atoms with E-state index in [4.69, 9.17) is 4.74 Å². The van der Waals surface area contributed by atoms with Crippen LogP contribution in [0.25, 0.3) is 6.08 Å². The third kappa shape index (κ3) is 2.12. The molecule has 0 bridgehead atoms. The number of hydrogen-bond acceptors (Lipinski definition) is 4. The number of carbonyl (C=O) groups excluding carboxylic acids is 1. The number of aromatic hydroxyl groups is 2. The van der Waals surface area contributed by atoms with E-state index in [9.17, 15) is 15.0 Å². The third-order valence-corrected chi connectivity index (χ3v) is 3.15. The number of benzene rings is 2. The van der Waals surface area contributed by atoms with E-state index >= 15 is 0 Å². The SMILES string of the molecule is O=C1/C(=C\c2ccc(O)c(O)c2)COc2ccccc21. The molecular formula is C16H12O4. The van der Waals surface area contributed by atoms with Crippen molar-refractivity contribution in [3.63, 3.8) is 0 Å². The molecule has 1 heterocycles. The highest BCUT2D eigenvalue weighted by molar-refractivity contribution is 6.14. The molecule has 0 saturated heterocycles. The summed E-state index contributed by atoms with van der Waals surface area (Å²) >= 11 is 0. The van der Waals surface area contributed by atoms with Crippen molar-refractivity contribution >= 4 is 11.9 Å². The zero-order chi connectivity index (χ0) is 14.1. The quantitative estimate of drug-likeness (QED) is 0.616. The van der Waals surface area contributed by atoms with Crippen molar-refractivity contribution in [2.45, 2.75) is 0 Å². The maximum Gasteiger partial charge on any atom is 0.196 e. The Kier molecular flexibility index (Phi) is 2.91. The molecule has 1 aliphatic heterocycles. The average Bonchev–Trinajstić information content (AvgIpc) is 2.46. The Balaban J connectivity index is 1.97. The summed E-state index contributed by atoms with van der Waals surface area (Å²) in [7, 11) is 0. The molecule has 1 aliphatic rings. The van der Waals surface area contributed by atoms with Crippen molar-refractivity contribution in [1.29, 1.82) is 0 Å².